The number of amides is 3. The smallest absolute Gasteiger partial charge is 0.273 e. The summed E-state index contributed by atoms with van der Waals surface area (Å²) in [4.78, 5) is 40.5. The number of nitrogens with one attached hydrogen (secondary N) is 1. The molecule has 0 saturated carbocycles. The molecule has 0 radical (unpaired) electrons. The lowest BCUT2D eigenvalue weighted by molar-refractivity contribution is -0.123. The number of aromatic hydroxyl groups is 1. The third kappa shape index (κ3) is 4.89. The minimum absolute atomic E-state index is 0.0349. The van der Waals surface area contributed by atoms with Gasteiger partial charge in [-0.1, -0.05) is 12.1 Å². The highest BCUT2D eigenvalue weighted by Crippen LogP contribution is 2.36. The summed E-state index contributed by atoms with van der Waals surface area (Å²) in [6, 6.07) is 8.42. The number of primary amides is 1. The molecule has 32 heavy (non-hydrogen) atoms. The van der Waals surface area contributed by atoms with E-state index < -0.39 is 29.3 Å². The van der Waals surface area contributed by atoms with Crippen LogP contribution >= 0.6 is 22.9 Å². The van der Waals surface area contributed by atoms with Gasteiger partial charge in [-0.25, -0.2) is 0 Å². The quantitative estimate of drug-likeness (QED) is 0.432. The van der Waals surface area contributed by atoms with Crippen LogP contribution in [-0.4, -0.2) is 32.7 Å². The lowest BCUT2D eigenvalue weighted by Gasteiger charge is -2.32. The summed E-state index contributed by atoms with van der Waals surface area (Å²) in [6.07, 6.45) is 0. The number of phenols is 1. The van der Waals surface area contributed by atoms with E-state index in [-0.39, 0.29) is 27.7 Å². The van der Waals surface area contributed by atoms with Gasteiger partial charge in [-0.2, -0.15) is 4.37 Å². The summed E-state index contributed by atoms with van der Waals surface area (Å²) in [6.45, 7) is 5.49. The fourth-order valence-electron chi connectivity index (χ4n) is 3.02. The van der Waals surface area contributed by atoms with Crippen LogP contribution in [0.15, 0.2) is 41.8 Å². The molecule has 0 spiro atoms. The van der Waals surface area contributed by atoms with Crippen LogP contribution in [0.1, 0.15) is 51.9 Å². The monoisotopic (exact) mass is 473 g/mol. The van der Waals surface area contributed by atoms with Crippen LogP contribution in [0.25, 0.3) is 0 Å². The molecular weight excluding hydrogens is 450 g/mol. The van der Waals surface area contributed by atoms with Crippen LogP contribution in [0.2, 0.25) is 0 Å². The first-order chi connectivity index (χ1) is 15.0. The fourth-order valence-corrected chi connectivity index (χ4v) is 4.58. The van der Waals surface area contributed by atoms with E-state index >= 15 is 0 Å². The number of carbonyl (C=O) groups is 3. The average Bonchev–Trinajstić information content (AvgIpc) is 3.33. The minimum atomic E-state index is -1.07. The molecule has 168 valence electrons. The van der Waals surface area contributed by atoms with E-state index in [2.05, 4.69) is 9.69 Å². The van der Waals surface area contributed by atoms with Crippen LogP contribution in [0.5, 0.6) is 5.75 Å². The van der Waals surface area contributed by atoms with Crippen LogP contribution < -0.4 is 21.7 Å². The summed E-state index contributed by atoms with van der Waals surface area (Å²) in [7, 11) is 0. The molecule has 2 aromatic heterocycles. The van der Waals surface area contributed by atoms with E-state index in [1.54, 1.807) is 29.6 Å². The molecule has 0 bridgehead atoms. The Bertz CT molecular complexity index is 1150. The highest BCUT2D eigenvalue weighted by molar-refractivity contribution is 7.10. The minimum Gasteiger partial charge on any atom is -0.508 e. The number of phenolic OH excluding ortho intramolecular Hbond substituents is 1. The van der Waals surface area contributed by atoms with Gasteiger partial charge >= 0.3 is 0 Å². The van der Waals surface area contributed by atoms with Crippen molar-refractivity contribution in [3.63, 3.8) is 0 Å². The van der Waals surface area contributed by atoms with Gasteiger partial charge in [0.1, 0.15) is 10.6 Å². The van der Waals surface area contributed by atoms with Gasteiger partial charge in [0.05, 0.1) is 5.69 Å². The number of nitrogen functional groups attached to an aromatic ring is 1. The second-order valence-electron chi connectivity index (χ2n) is 7.99. The van der Waals surface area contributed by atoms with Gasteiger partial charge < -0.3 is 21.9 Å². The standard InChI is InChI=1S/C21H23N5O4S2/c1-21(2,3)24-19(29)16(13-8-5-9-31-13)26(11-6-4-7-12(27)10-11)20(30)17-14(22)15(18(23)28)25-32-17/h4-10,16,27H,22H2,1-3H3,(H2,23,28)(H,24,29). The number of thiophene rings is 1. The molecule has 1 unspecified atom stereocenters. The van der Waals surface area contributed by atoms with Gasteiger partial charge in [-0.3, -0.25) is 19.3 Å². The maximum atomic E-state index is 13.7. The number of aromatic nitrogens is 1. The van der Waals surface area contributed by atoms with E-state index in [4.69, 9.17) is 11.5 Å². The van der Waals surface area contributed by atoms with Crippen molar-refractivity contribution in [2.45, 2.75) is 32.4 Å². The molecule has 9 nitrogen and oxygen atoms in total. The molecule has 2 heterocycles. The van der Waals surface area contributed by atoms with Crippen LogP contribution in [0.4, 0.5) is 11.4 Å². The number of rotatable bonds is 6. The van der Waals surface area contributed by atoms with Crippen molar-refractivity contribution < 1.29 is 19.5 Å². The maximum absolute atomic E-state index is 13.7. The van der Waals surface area contributed by atoms with Gasteiger partial charge in [-0.15, -0.1) is 11.3 Å². The van der Waals surface area contributed by atoms with Crippen molar-refractivity contribution in [1.82, 2.24) is 9.69 Å². The number of nitrogens with zero attached hydrogens (tertiary/aromatic N) is 2. The Morgan fingerprint density at radius 1 is 1.19 bits per heavy atom. The first-order valence-corrected chi connectivity index (χ1v) is 11.2. The molecule has 11 heteroatoms. The number of hydrogen-bond donors (Lipinski definition) is 4. The van der Waals surface area contributed by atoms with E-state index in [1.807, 2.05) is 20.8 Å². The molecule has 0 saturated heterocycles. The predicted molar refractivity (Wildman–Crippen MR) is 125 cm³/mol. The zero-order valence-corrected chi connectivity index (χ0v) is 19.3. The second-order valence-corrected chi connectivity index (χ2v) is 9.74. The Kier molecular flexibility index (Phi) is 6.51. The molecule has 0 fully saturated rings. The van der Waals surface area contributed by atoms with Gasteiger partial charge in [0.25, 0.3) is 11.8 Å². The van der Waals surface area contributed by atoms with Crippen molar-refractivity contribution in [2.24, 2.45) is 5.73 Å². The first kappa shape index (κ1) is 23.2. The summed E-state index contributed by atoms with van der Waals surface area (Å²) >= 11 is 2.03. The lowest BCUT2D eigenvalue weighted by Crippen LogP contribution is -2.49. The molecule has 0 aliphatic rings. The number of carbonyl (C=O) groups excluding carboxylic acids is 3. The summed E-state index contributed by atoms with van der Waals surface area (Å²) < 4.78 is 3.90. The first-order valence-electron chi connectivity index (χ1n) is 9.52. The molecule has 3 rings (SSSR count). The molecule has 0 aliphatic carbocycles. The zero-order chi connectivity index (χ0) is 23.6. The van der Waals surface area contributed by atoms with Crippen molar-refractivity contribution in [1.29, 1.82) is 0 Å². The zero-order valence-electron chi connectivity index (χ0n) is 17.7. The molecule has 0 aliphatic heterocycles. The fraction of sp³-hybridized carbons (Fsp3) is 0.238. The lowest BCUT2D eigenvalue weighted by atomic mass is 10.1. The number of nitrogens with two attached hydrogens (primary N) is 2. The SMILES string of the molecule is CC(C)(C)NC(=O)C(c1cccs1)N(C(=O)c1snc(C(N)=O)c1N)c1cccc(O)c1. The normalized spacial score (nSPS) is 12.2. The predicted octanol–water partition coefficient (Wildman–Crippen LogP) is 2.89. The van der Waals surface area contributed by atoms with Gasteiger partial charge in [0, 0.05) is 22.2 Å². The van der Waals surface area contributed by atoms with E-state index in [9.17, 15) is 19.5 Å². The average molecular weight is 474 g/mol. The van der Waals surface area contributed by atoms with Crippen LogP contribution in [0.3, 0.4) is 0 Å². The van der Waals surface area contributed by atoms with E-state index in [0.29, 0.717) is 4.88 Å². The Hall–Kier alpha value is -3.44. The molecular formula is C21H23N5O4S2. The molecule has 1 atom stereocenters. The number of hydrogen-bond acceptors (Lipinski definition) is 8. The topological polar surface area (TPSA) is 152 Å². The van der Waals surface area contributed by atoms with E-state index in [1.165, 1.54) is 28.4 Å². The van der Waals surface area contributed by atoms with Crippen molar-refractivity contribution in [3.8, 4) is 5.75 Å². The van der Waals surface area contributed by atoms with Crippen LogP contribution in [-0.2, 0) is 4.79 Å². The van der Waals surface area contributed by atoms with Crippen molar-refractivity contribution >= 4 is 52.0 Å². The molecule has 1 aromatic carbocycles. The second kappa shape index (κ2) is 8.97. The van der Waals surface area contributed by atoms with Crippen molar-refractivity contribution in [2.75, 3.05) is 10.6 Å². The highest BCUT2D eigenvalue weighted by atomic mass is 32.1. The van der Waals surface area contributed by atoms with Gasteiger partial charge in [0.2, 0.25) is 5.91 Å². The highest BCUT2D eigenvalue weighted by Gasteiger charge is 2.37. The van der Waals surface area contributed by atoms with Gasteiger partial charge in [0.15, 0.2) is 11.7 Å². The number of benzene rings is 1. The third-order valence-electron chi connectivity index (χ3n) is 4.30. The molecule has 3 amide bonds. The number of anilines is 2. The Morgan fingerprint density at radius 2 is 1.91 bits per heavy atom. The third-order valence-corrected chi connectivity index (χ3v) is 6.08. The Balaban J connectivity index is 2.19. The van der Waals surface area contributed by atoms with Crippen molar-refractivity contribution in [3.05, 3.63) is 57.2 Å². The largest absolute Gasteiger partial charge is 0.508 e. The summed E-state index contributed by atoms with van der Waals surface area (Å²) in [5.41, 5.74) is 10.6. The van der Waals surface area contributed by atoms with Crippen LogP contribution in [0, 0.1) is 0 Å². The summed E-state index contributed by atoms with van der Waals surface area (Å²) in [5, 5.41) is 14.8. The molecule has 6 N–H and O–H groups in total. The summed E-state index contributed by atoms with van der Waals surface area (Å²) in [5.74, 6) is -2.02. The maximum Gasteiger partial charge on any atom is 0.273 e. The Morgan fingerprint density at radius 3 is 2.44 bits per heavy atom. The Labute approximate surface area is 192 Å². The van der Waals surface area contributed by atoms with E-state index in [0.717, 1.165) is 11.5 Å². The van der Waals surface area contributed by atoms with Gasteiger partial charge in [-0.05, 0) is 55.9 Å². The molecule has 3 aromatic rings.